The van der Waals surface area contributed by atoms with Crippen molar-refractivity contribution in [2.75, 3.05) is 26.2 Å². The Bertz CT molecular complexity index is 759. The van der Waals surface area contributed by atoms with Crippen LogP contribution in [0.3, 0.4) is 0 Å². The van der Waals surface area contributed by atoms with Gasteiger partial charge in [0.25, 0.3) is 5.91 Å². The third-order valence-corrected chi connectivity index (χ3v) is 4.72. The molecular formula is C21H26FN3O2. The van der Waals surface area contributed by atoms with E-state index in [0.29, 0.717) is 30.5 Å². The van der Waals surface area contributed by atoms with Crippen LogP contribution in [0.25, 0.3) is 0 Å². The van der Waals surface area contributed by atoms with E-state index in [9.17, 15) is 9.18 Å². The number of piperidine rings is 1. The van der Waals surface area contributed by atoms with E-state index in [2.05, 4.69) is 10.6 Å². The highest BCUT2D eigenvalue weighted by Crippen LogP contribution is 2.24. The van der Waals surface area contributed by atoms with Gasteiger partial charge in [-0.1, -0.05) is 12.1 Å². The predicted molar refractivity (Wildman–Crippen MR) is 104 cm³/mol. The molecule has 1 aliphatic heterocycles. The number of hydrogen-bond acceptors (Lipinski definition) is 4. The Labute approximate surface area is 159 Å². The normalized spacial score (nSPS) is 16.7. The summed E-state index contributed by atoms with van der Waals surface area (Å²) in [5.41, 5.74) is 6.67. The van der Waals surface area contributed by atoms with Crippen LogP contribution in [0.4, 0.5) is 4.39 Å². The van der Waals surface area contributed by atoms with E-state index in [1.807, 2.05) is 24.3 Å². The fraction of sp³-hybridized carbons (Fsp3) is 0.381. The van der Waals surface area contributed by atoms with Gasteiger partial charge < -0.3 is 21.1 Å². The first-order valence-electron chi connectivity index (χ1n) is 9.41. The quantitative estimate of drug-likeness (QED) is 0.700. The lowest BCUT2D eigenvalue weighted by molar-refractivity contribution is 0.0940. The van der Waals surface area contributed by atoms with Crippen LogP contribution in [-0.4, -0.2) is 32.1 Å². The number of halogens is 1. The zero-order valence-electron chi connectivity index (χ0n) is 15.3. The molecule has 144 valence electrons. The molecular weight excluding hydrogens is 345 g/mol. The third-order valence-electron chi connectivity index (χ3n) is 4.72. The maximum atomic E-state index is 14.1. The van der Waals surface area contributed by atoms with Gasteiger partial charge in [0.2, 0.25) is 0 Å². The molecule has 5 nitrogen and oxygen atoms in total. The van der Waals surface area contributed by atoms with Crippen LogP contribution in [0.2, 0.25) is 0 Å². The van der Waals surface area contributed by atoms with Gasteiger partial charge in [-0.05, 0) is 80.7 Å². The molecule has 27 heavy (non-hydrogen) atoms. The Morgan fingerprint density at radius 1 is 1.22 bits per heavy atom. The molecule has 1 saturated heterocycles. The maximum absolute atomic E-state index is 14.1. The smallest absolute Gasteiger partial charge is 0.254 e. The monoisotopic (exact) mass is 371 g/mol. The molecule has 4 N–H and O–H groups in total. The lowest BCUT2D eigenvalue weighted by atomic mass is 9.99. The largest absolute Gasteiger partial charge is 0.457 e. The van der Waals surface area contributed by atoms with Gasteiger partial charge in [-0.3, -0.25) is 4.79 Å². The summed E-state index contributed by atoms with van der Waals surface area (Å²) in [6, 6.07) is 11.8. The van der Waals surface area contributed by atoms with Gasteiger partial charge in [0.15, 0.2) is 0 Å². The number of carbonyl (C=O) groups is 1. The maximum Gasteiger partial charge on any atom is 0.254 e. The van der Waals surface area contributed by atoms with Crippen molar-refractivity contribution >= 4 is 5.91 Å². The van der Waals surface area contributed by atoms with Crippen molar-refractivity contribution in [1.29, 1.82) is 0 Å². The highest BCUT2D eigenvalue weighted by Gasteiger charge is 2.17. The minimum atomic E-state index is -0.556. The standard InChI is InChI=1S/C21H26FN3O2/c22-20-8-7-18(27-17-5-3-15(4-6-17)9-10-23)12-19(20)21(26)25-14-16-2-1-11-24-13-16/h3-8,12,16,24H,1-2,9-11,13-14,23H2,(H,25,26). The lowest BCUT2D eigenvalue weighted by Gasteiger charge is -2.22. The minimum absolute atomic E-state index is 0.00368. The summed E-state index contributed by atoms with van der Waals surface area (Å²) in [6.45, 7) is 3.03. The van der Waals surface area contributed by atoms with Crippen LogP contribution >= 0.6 is 0 Å². The first kappa shape index (κ1) is 19.3. The number of carbonyl (C=O) groups excluding carboxylic acids is 1. The van der Waals surface area contributed by atoms with Gasteiger partial charge >= 0.3 is 0 Å². The molecule has 0 radical (unpaired) electrons. The van der Waals surface area contributed by atoms with E-state index in [1.54, 1.807) is 0 Å². The highest BCUT2D eigenvalue weighted by atomic mass is 19.1. The second kappa shape index (κ2) is 9.48. The second-order valence-electron chi connectivity index (χ2n) is 6.85. The van der Waals surface area contributed by atoms with Crippen LogP contribution in [0.5, 0.6) is 11.5 Å². The second-order valence-corrected chi connectivity index (χ2v) is 6.85. The molecule has 2 aromatic rings. The summed E-state index contributed by atoms with van der Waals surface area (Å²) in [5, 5.41) is 6.14. The molecule has 0 spiro atoms. The fourth-order valence-electron chi connectivity index (χ4n) is 3.20. The van der Waals surface area contributed by atoms with Gasteiger partial charge in [-0.15, -0.1) is 0 Å². The van der Waals surface area contributed by atoms with Crippen molar-refractivity contribution in [3.05, 3.63) is 59.4 Å². The van der Waals surface area contributed by atoms with Crippen molar-refractivity contribution in [2.45, 2.75) is 19.3 Å². The molecule has 0 saturated carbocycles. The minimum Gasteiger partial charge on any atom is -0.457 e. The summed E-state index contributed by atoms with van der Waals surface area (Å²) in [4.78, 5) is 12.4. The predicted octanol–water partition coefficient (Wildman–Crippen LogP) is 2.85. The van der Waals surface area contributed by atoms with E-state index in [1.165, 1.54) is 18.2 Å². The Balaban J connectivity index is 1.63. The molecule has 1 fully saturated rings. The Hall–Kier alpha value is -2.44. The number of nitrogens with two attached hydrogens (primary N) is 1. The zero-order chi connectivity index (χ0) is 19.1. The SMILES string of the molecule is NCCc1ccc(Oc2ccc(F)c(C(=O)NCC3CCCNC3)c2)cc1. The Morgan fingerprint density at radius 2 is 2.00 bits per heavy atom. The number of rotatable bonds is 7. The van der Waals surface area contributed by atoms with E-state index >= 15 is 0 Å². The number of ether oxygens (including phenoxy) is 1. The number of nitrogens with one attached hydrogen (secondary N) is 2. The molecule has 6 heteroatoms. The van der Waals surface area contributed by atoms with Crippen molar-refractivity contribution in [1.82, 2.24) is 10.6 Å². The molecule has 2 aromatic carbocycles. The average molecular weight is 371 g/mol. The molecule has 0 aromatic heterocycles. The lowest BCUT2D eigenvalue weighted by Crippen LogP contribution is -2.38. The molecule has 1 amide bonds. The average Bonchev–Trinajstić information content (AvgIpc) is 2.70. The van der Waals surface area contributed by atoms with Crippen molar-refractivity contribution < 1.29 is 13.9 Å². The Morgan fingerprint density at radius 3 is 2.70 bits per heavy atom. The highest BCUT2D eigenvalue weighted by molar-refractivity contribution is 5.94. The van der Waals surface area contributed by atoms with Crippen molar-refractivity contribution in [2.24, 2.45) is 11.7 Å². The van der Waals surface area contributed by atoms with Crippen LogP contribution in [-0.2, 0) is 6.42 Å². The third kappa shape index (κ3) is 5.52. The van der Waals surface area contributed by atoms with Crippen LogP contribution in [0, 0.1) is 11.7 Å². The van der Waals surface area contributed by atoms with Gasteiger partial charge in [0.1, 0.15) is 17.3 Å². The topological polar surface area (TPSA) is 76.4 Å². The van der Waals surface area contributed by atoms with E-state index in [0.717, 1.165) is 37.9 Å². The number of hydrogen-bond donors (Lipinski definition) is 3. The molecule has 1 aliphatic rings. The van der Waals surface area contributed by atoms with Crippen LogP contribution < -0.4 is 21.1 Å². The van der Waals surface area contributed by atoms with Crippen molar-refractivity contribution in [3.8, 4) is 11.5 Å². The van der Waals surface area contributed by atoms with Crippen molar-refractivity contribution in [3.63, 3.8) is 0 Å². The van der Waals surface area contributed by atoms with Crippen LogP contribution in [0.1, 0.15) is 28.8 Å². The molecule has 0 aliphatic carbocycles. The molecule has 0 bridgehead atoms. The first-order chi connectivity index (χ1) is 13.2. The summed E-state index contributed by atoms with van der Waals surface area (Å²) in [7, 11) is 0. The van der Waals surface area contributed by atoms with E-state index in [-0.39, 0.29) is 5.56 Å². The zero-order valence-corrected chi connectivity index (χ0v) is 15.3. The number of amides is 1. The van der Waals surface area contributed by atoms with E-state index < -0.39 is 11.7 Å². The summed E-state index contributed by atoms with van der Waals surface area (Å²) < 4.78 is 19.9. The summed E-state index contributed by atoms with van der Waals surface area (Å²) >= 11 is 0. The van der Waals surface area contributed by atoms with Gasteiger partial charge in [-0.25, -0.2) is 4.39 Å². The fourth-order valence-corrected chi connectivity index (χ4v) is 3.20. The molecule has 1 atom stereocenters. The summed E-state index contributed by atoms with van der Waals surface area (Å²) in [6.07, 6.45) is 2.97. The van der Waals surface area contributed by atoms with E-state index in [4.69, 9.17) is 10.5 Å². The first-order valence-corrected chi connectivity index (χ1v) is 9.41. The Kier molecular flexibility index (Phi) is 6.79. The number of benzene rings is 2. The van der Waals surface area contributed by atoms with Gasteiger partial charge in [0.05, 0.1) is 5.56 Å². The molecule has 3 rings (SSSR count). The van der Waals surface area contributed by atoms with Crippen LogP contribution in [0.15, 0.2) is 42.5 Å². The van der Waals surface area contributed by atoms with Gasteiger partial charge in [-0.2, -0.15) is 0 Å². The van der Waals surface area contributed by atoms with Gasteiger partial charge in [0, 0.05) is 6.54 Å². The summed E-state index contributed by atoms with van der Waals surface area (Å²) in [5.74, 6) is 0.466. The molecule has 1 unspecified atom stereocenters. The molecule has 1 heterocycles.